The van der Waals surface area contributed by atoms with Crippen molar-refractivity contribution in [1.29, 1.82) is 0 Å². The molecule has 0 saturated heterocycles. The van der Waals surface area contributed by atoms with Gasteiger partial charge in [0.15, 0.2) is 17.1 Å². The molecule has 27 heavy (non-hydrogen) atoms. The number of Topliss-reactive ketones (excluding diaryl/α,β-unsaturated/α-hetero) is 1. The molecular formula is C21H23NO4S. The van der Waals surface area contributed by atoms with Crippen molar-refractivity contribution < 1.29 is 18.7 Å². The van der Waals surface area contributed by atoms with Gasteiger partial charge in [-0.15, -0.1) is 11.3 Å². The molecule has 142 valence electrons. The molecule has 0 aliphatic carbocycles. The minimum Gasteiger partial charge on any atom is -0.490 e. The Bertz CT molecular complexity index is 956. The average Bonchev–Trinajstić information content (AvgIpc) is 3.27. The van der Waals surface area contributed by atoms with Crippen molar-refractivity contribution in [1.82, 2.24) is 5.32 Å². The van der Waals surface area contributed by atoms with Gasteiger partial charge in [0, 0.05) is 23.1 Å². The quantitative estimate of drug-likeness (QED) is 0.552. The molecule has 1 amide bonds. The molecule has 3 rings (SSSR count). The number of amides is 1. The highest BCUT2D eigenvalue weighted by Crippen LogP contribution is 2.31. The zero-order valence-electron chi connectivity index (χ0n) is 15.7. The molecule has 1 atom stereocenters. The van der Waals surface area contributed by atoms with E-state index in [1.54, 1.807) is 0 Å². The van der Waals surface area contributed by atoms with E-state index in [4.69, 9.17) is 9.15 Å². The minimum absolute atomic E-state index is 0.000923. The average molecular weight is 385 g/mol. The van der Waals surface area contributed by atoms with Gasteiger partial charge >= 0.3 is 0 Å². The number of fused-ring (bicyclic) bond motifs is 1. The number of para-hydroxylation sites is 1. The number of furan rings is 1. The van der Waals surface area contributed by atoms with Gasteiger partial charge < -0.3 is 14.5 Å². The van der Waals surface area contributed by atoms with E-state index in [-0.39, 0.29) is 30.6 Å². The Morgan fingerprint density at radius 3 is 2.74 bits per heavy atom. The molecule has 0 saturated carbocycles. The summed E-state index contributed by atoms with van der Waals surface area (Å²) in [5.74, 6) is 1.18. The van der Waals surface area contributed by atoms with Crippen LogP contribution in [-0.4, -0.2) is 18.3 Å². The van der Waals surface area contributed by atoms with Gasteiger partial charge in [0.05, 0.1) is 17.5 Å². The van der Waals surface area contributed by atoms with E-state index in [0.717, 1.165) is 10.3 Å². The number of aryl methyl sites for hydroxylation is 1. The number of ketones is 1. The number of carbonyl (C=O) groups excluding carboxylic acids is 2. The number of ether oxygens (including phenoxy) is 1. The van der Waals surface area contributed by atoms with Crippen LogP contribution in [0.5, 0.6) is 5.75 Å². The van der Waals surface area contributed by atoms with Crippen molar-refractivity contribution in [3.8, 4) is 5.75 Å². The van der Waals surface area contributed by atoms with E-state index in [1.165, 1.54) is 11.3 Å². The lowest BCUT2D eigenvalue weighted by atomic mass is 10.1. The highest BCUT2D eigenvalue weighted by atomic mass is 32.1. The Labute approximate surface area is 162 Å². The van der Waals surface area contributed by atoms with Crippen molar-refractivity contribution in [2.45, 2.75) is 39.7 Å². The fraction of sp³-hybridized carbons (Fsp3) is 0.333. The fourth-order valence-corrected chi connectivity index (χ4v) is 3.69. The lowest BCUT2D eigenvalue weighted by molar-refractivity contribution is -0.121. The predicted octanol–water partition coefficient (Wildman–Crippen LogP) is 5.04. The van der Waals surface area contributed by atoms with Crippen LogP contribution in [0, 0.1) is 6.92 Å². The SMILES string of the molecule is CCOc1cccc2cc(C(C)NC(=O)CCC(=O)c3ccc(C)s3)oc12. The molecule has 0 aliphatic rings. The number of hydrogen-bond acceptors (Lipinski definition) is 5. The molecule has 0 fully saturated rings. The van der Waals surface area contributed by atoms with E-state index in [1.807, 2.05) is 57.2 Å². The van der Waals surface area contributed by atoms with Crippen molar-refractivity contribution in [2.75, 3.05) is 6.61 Å². The van der Waals surface area contributed by atoms with E-state index < -0.39 is 0 Å². The summed E-state index contributed by atoms with van der Waals surface area (Å²) in [4.78, 5) is 26.2. The summed E-state index contributed by atoms with van der Waals surface area (Å²) < 4.78 is 11.5. The summed E-state index contributed by atoms with van der Waals surface area (Å²) in [6.45, 7) is 6.30. The van der Waals surface area contributed by atoms with Crippen LogP contribution in [0.4, 0.5) is 0 Å². The van der Waals surface area contributed by atoms with Crippen LogP contribution < -0.4 is 10.1 Å². The monoisotopic (exact) mass is 385 g/mol. The van der Waals surface area contributed by atoms with Crippen LogP contribution in [0.3, 0.4) is 0 Å². The van der Waals surface area contributed by atoms with E-state index in [0.29, 0.717) is 28.6 Å². The molecule has 0 spiro atoms. The summed E-state index contributed by atoms with van der Waals surface area (Å²) in [5.41, 5.74) is 0.679. The van der Waals surface area contributed by atoms with Gasteiger partial charge in [-0.1, -0.05) is 12.1 Å². The second-order valence-electron chi connectivity index (χ2n) is 6.38. The van der Waals surface area contributed by atoms with Gasteiger partial charge in [0.1, 0.15) is 5.76 Å². The first-order valence-corrected chi connectivity index (χ1v) is 9.84. The molecule has 0 aliphatic heterocycles. The first-order valence-electron chi connectivity index (χ1n) is 9.02. The number of benzene rings is 1. The molecule has 6 heteroatoms. The third kappa shape index (κ3) is 4.57. The molecule has 2 heterocycles. The first-order chi connectivity index (χ1) is 13.0. The number of nitrogens with one attached hydrogen (secondary N) is 1. The summed E-state index contributed by atoms with van der Waals surface area (Å²) in [7, 11) is 0. The van der Waals surface area contributed by atoms with Crippen LogP contribution in [0.2, 0.25) is 0 Å². The smallest absolute Gasteiger partial charge is 0.221 e. The van der Waals surface area contributed by atoms with Crippen molar-refractivity contribution in [3.05, 3.63) is 51.9 Å². The molecule has 5 nitrogen and oxygen atoms in total. The van der Waals surface area contributed by atoms with Crippen LogP contribution in [0.15, 0.2) is 40.8 Å². The predicted molar refractivity (Wildman–Crippen MR) is 107 cm³/mol. The Morgan fingerprint density at radius 2 is 2.04 bits per heavy atom. The number of carbonyl (C=O) groups is 2. The Balaban J connectivity index is 1.60. The minimum atomic E-state index is -0.293. The zero-order chi connectivity index (χ0) is 19.4. The van der Waals surface area contributed by atoms with Crippen molar-refractivity contribution in [2.24, 2.45) is 0 Å². The fourth-order valence-electron chi connectivity index (χ4n) is 2.86. The highest BCUT2D eigenvalue weighted by Gasteiger charge is 2.17. The van der Waals surface area contributed by atoms with Gasteiger partial charge in [0.25, 0.3) is 0 Å². The van der Waals surface area contributed by atoms with Gasteiger partial charge in [-0.25, -0.2) is 0 Å². The third-order valence-electron chi connectivity index (χ3n) is 4.23. The standard InChI is InChI=1S/C21H23NO4S/c1-4-25-17-7-5-6-15-12-18(26-21(15)17)14(3)22-20(24)11-9-16(23)19-10-8-13(2)27-19/h5-8,10,12,14H,4,9,11H2,1-3H3,(H,22,24). The van der Waals surface area contributed by atoms with Gasteiger partial charge in [-0.2, -0.15) is 0 Å². The molecule has 1 aromatic carbocycles. The molecule has 0 radical (unpaired) electrons. The third-order valence-corrected chi connectivity index (χ3v) is 5.27. The summed E-state index contributed by atoms with van der Waals surface area (Å²) in [6.07, 6.45) is 0.359. The molecule has 2 aromatic heterocycles. The Kier molecular flexibility index (Phi) is 5.96. The maximum atomic E-state index is 12.2. The maximum absolute atomic E-state index is 12.2. The molecule has 3 aromatic rings. The van der Waals surface area contributed by atoms with Crippen LogP contribution in [0.25, 0.3) is 11.0 Å². The summed E-state index contributed by atoms with van der Waals surface area (Å²) in [6, 6.07) is 11.1. The lowest BCUT2D eigenvalue weighted by Gasteiger charge is -2.11. The first kappa shape index (κ1) is 19.2. The lowest BCUT2D eigenvalue weighted by Crippen LogP contribution is -2.26. The normalized spacial score (nSPS) is 12.1. The summed E-state index contributed by atoms with van der Waals surface area (Å²) in [5, 5.41) is 3.83. The number of rotatable bonds is 8. The second kappa shape index (κ2) is 8.39. The van der Waals surface area contributed by atoms with Crippen molar-refractivity contribution in [3.63, 3.8) is 0 Å². The maximum Gasteiger partial charge on any atom is 0.221 e. The van der Waals surface area contributed by atoms with E-state index in [2.05, 4.69) is 5.32 Å². The molecule has 0 bridgehead atoms. The molecular weight excluding hydrogens is 362 g/mol. The Hall–Kier alpha value is -2.60. The van der Waals surface area contributed by atoms with Crippen molar-refractivity contribution >= 4 is 34.0 Å². The number of thiophene rings is 1. The summed E-state index contributed by atoms with van der Waals surface area (Å²) >= 11 is 1.46. The van der Waals surface area contributed by atoms with Crippen LogP contribution in [0.1, 0.15) is 53.0 Å². The molecule has 1 unspecified atom stereocenters. The zero-order valence-corrected chi connectivity index (χ0v) is 16.5. The topological polar surface area (TPSA) is 68.5 Å². The molecule has 1 N–H and O–H groups in total. The Morgan fingerprint density at radius 1 is 1.22 bits per heavy atom. The van der Waals surface area contributed by atoms with Gasteiger partial charge in [0.2, 0.25) is 5.91 Å². The van der Waals surface area contributed by atoms with Crippen LogP contribution >= 0.6 is 11.3 Å². The highest BCUT2D eigenvalue weighted by molar-refractivity contribution is 7.14. The van der Waals surface area contributed by atoms with Gasteiger partial charge in [-0.3, -0.25) is 9.59 Å². The van der Waals surface area contributed by atoms with Gasteiger partial charge in [-0.05, 0) is 45.0 Å². The number of hydrogen-bond donors (Lipinski definition) is 1. The second-order valence-corrected chi connectivity index (χ2v) is 7.67. The van der Waals surface area contributed by atoms with Crippen LogP contribution in [-0.2, 0) is 4.79 Å². The largest absolute Gasteiger partial charge is 0.490 e. The van der Waals surface area contributed by atoms with E-state index in [9.17, 15) is 9.59 Å². The van der Waals surface area contributed by atoms with E-state index >= 15 is 0 Å².